The summed E-state index contributed by atoms with van der Waals surface area (Å²) in [5.74, 6) is -1.63. The molecule has 0 spiro atoms. The second-order valence-corrected chi connectivity index (χ2v) is 24.1. The number of halogens is 2. The van der Waals surface area contributed by atoms with Gasteiger partial charge in [-0.3, -0.25) is 38.4 Å². The Labute approximate surface area is 552 Å². The van der Waals surface area contributed by atoms with Gasteiger partial charge in [-0.2, -0.15) is 0 Å². The molecule has 1 unspecified atom stereocenters. The average molecular weight is 1300 g/mol. The Morgan fingerprint density at radius 3 is 1.29 bits per heavy atom. The van der Waals surface area contributed by atoms with Crippen LogP contribution in [0.4, 0.5) is 0 Å². The Morgan fingerprint density at radius 2 is 0.891 bits per heavy atom. The van der Waals surface area contributed by atoms with E-state index in [1.54, 1.807) is 55.9 Å². The third kappa shape index (κ3) is 19.0. The zero-order valence-corrected chi connectivity index (χ0v) is 54.6. The lowest BCUT2D eigenvalue weighted by Gasteiger charge is -2.31. The zero-order chi connectivity index (χ0) is 63.5. The molecule has 9 rings (SSSR count). The van der Waals surface area contributed by atoms with E-state index >= 15 is 0 Å². The second-order valence-electron chi connectivity index (χ2n) is 24.1. The number of amides is 8. The number of carbonyl (C=O) groups is 8. The summed E-state index contributed by atoms with van der Waals surface area (Å²) in [5.41, 5.74) is 5.09. The van der Waals surface area contributed by atoms with Crippen LogP contribution in [0.1, 0.15) is 146 Å². The topological polar surface area (TPSA) is 258 Å². The van der Waals surface area contributed by atoms with Crippen molar-refractivity contribution in [2.24, 2.45) is 0 Å². The number of hydrogen-bond acceptors (Lipinski definition) is 12. The van der Waals surface area contributed by atoms with E-state index in [0.717, 1.165) is 49.7 Å². The van der Waals surface area contributed by atoms with Crippen LogP contribution in [-0.4, -0.2) is 146 Å². The van der Waals surface area contributed by atoms with Crippen molar-refractivity contribution in [2.75, 3.05) is 40.3 Å². The molecule has 8 N–H and O–H groups in total. The largest absolute Gasteiger partial charge is 0.488 e. The summed E-state index contributed by atoms with van der Waals surface area (Å²) in [5, 5.41) is 24.1. The first-order chi connectivity index (χ1) is 43.7. The van der Waals surface area contributed by atoms with Gasteiger partial charge in [0.05, 0.1) is 37.3 Å². The molecule has 8 amide bonds. The Bertz CT molecular complexity index is 3080. The summed E-state index contributed by atoms with van der Waals surface area (Å²) in [4.78, 5) is 115. The lowest BCUT2D eigenvalue weighted by Crippen LogP contribution is -2.55. The summed E-state index contributed by atoms with van der Waals surface area (Å²) >= 11 is 0. The number of nitrogens with zero attached hydrogens (tertiary/aromatic N) is 2. The van der Waals surface area contributed by atoms with Crippen LogP contribution in [0.3, 0.4) is 0 Å². The molecule has 2 aliphatic heterocycles. The van der Waals surface area contributed by atoms with E-state index in [-0.39, 0.29) is 124 Å². The van der Waals surface area contributed by atoms with Gasteiger partial charge < -0.3 is 61.8 Å². The molecule has 2 aliphatic carbocycles. The number of likely N-dealkylation sites (N-methyl/N-ethyl adjacent to an activating group) is 2. The van der Waals surface area contributed by atoms with Crippen molar-refractivity contribution < 1.29 is 47.8 Å². The monoisotopic (exact) mass is 1300 g/mol. The Morgan fingerprint density at radius 1 is 0.500 bits per heavy atom. The first-order valence-corrected chi connectivity index (χ1v) is 32.1. The standard InChI is InChI=1S/C70H88N10O10.2ClH/c1-45(71-3)63(81)77-59(69(87)79-43-53(89-51-28-7-5-8-29-51)41-61(79)67(85)75-57-36-20-24-47-22-11-13-32-55(47)57)34-15-17-38-73-65(83)49-26-19-27-50(40-49)66(84)74-39-18-16-35-60(78-64(82)46(2)72-4)70(88)80-44-54(90-52-30-9-6-10-31-52)42-62(80)68(86)76-58-37-21-25-48-23-12-14-33-56(48)58;;/h5-14,19,22-23,26-33,40,45-46,53-54,57-62,71-72H,15-18,20-21,24-25,34-39,41-44H2,1-4H3,(H,73,83)(H,74,84)(H,75,85)(H,76,86)(H,77,81)(H,78,82);2*1H/t45-,46-,53-,54-,57+,58?,59-,60-,61-,62-;;/m0../s1. The molecule has 4 aliphatic rings. The van der Waals surface area contributed by atoms with E-state index < -0.39 is 72.1 Å². The van der Waals surface area contributed by atoms with Crippen LogP contribution >= 0.6 is 24.8 Å². The van der Waals surface area contributed by atoms with Gasteiger partial charge in [-0.25, -0.2) is 0 Å². The third-order valence-corrected chi connectivity index (χ3v) is 17.8. The predicted octanol–water partition coefficient (Wildman–Crippen LogP) is 7.00. The molecule has 0 bridgehead atoms. The number of nitrogens with one attached hydrogen (secondary N) is 8. The second kappa shape index (κ2) is 35.1. The average Bonchev–Trinajstić information content (AvgIpc) is 1.62. The highest BCUT2D eigenvalue weighted by Crippen LogP contribution is 2.34. The molecule has 5 aromatic carbocycles. The van der Waals surface area contributed by atoms with Crippen molar-refractivity contribution in [3.63, 3.8) is 0 Å². The molecular weight excluding hydrogens is 1210 g/mol. The molecule has 494 valence electrons. The van der Waals surface area contributed by atoms with Gasteiger partial charge in [-0.05, 0) is 170 Å². The van der Waals surface area contributed by atoms with Gasteiger partial charge in [-0.1, -0.05) is 91.0 Å². The van der Waals surface area contributed by atoms with Gasteiger partial charge in [-0.15, -0.1) is 24.8 Å². The fraction of sp³-hybridized carbons (Fsp3) is 0.457. The molecular formula is C70H90Cl2N10O10. The van der Waals surface area contributed by atoms with Gasteiger partial charge in [0, 0.05) is 37.1 Å². The van der Waals surface area contributed by atoms with Crippen molar-refractivity contribution in [2.45, 2.75) is 164 Å². The van der Waals surface area contributed by atoms with E-state index in [9.17, 15) is 38.4 Å². The van der Waals surface area contributed by atoms with Crippen LogP contribution in [0.5, 0.6) is 11.5 Å². The molecule has 2 fully saturated rings. The lowest BCUT2D eigenvalue weighted by atomic mass is 9.87. The first kappa shape index (κ1) is 71.4. The zero-order valence-electron chi connectivity index (χ0n) is 53.0. The highest BCUT2D eigenvalue weighted by atomic mass is 35.5. The van der Waals surface area contributed by atoms with Crippen molar-refractivity contribution >= 4 is 72.1 Å². The van der Waals surface area contributed by atoms with Crippen LogP contribution in [0.2, 0.25) is 0 Å². The van der Waals surface area contributed by atoms with Crippen LogP contribution in [0.25, 0.3) is 0 Å². The number of para-hydroxylation sites is 2. The molecule has 92 heavy (non-hydrogen) atoms. The van der Waals surface area contributed by atoms with Crippen molar-refractivity contribution in [3.8, 4) is 11.5 Å². The van der Waals surface area contributed by atoms with Crippen molar-refractivity contribution in [3.05, 3.63) is 167 Å². The van der Waals surface area contributed by atoms with Crippen LogP contribution in [-0.2, 0) is 41.6 Å². The molecule has 20 nitrogen and oxygen atoms in total. The highest BCUT2D eigenvalue weighted by Gasteiger charge is 2.46. The molecule has 0 saturated carbocycles. The normalized spacial score (nSPS) is 20.1. The van der Waals surface area contributed by atoms with Crippen molar-refractivity contribution in [1.82, 2.24) is 52.3 Å². The third-order valence-electron chi connectivity index (χ3n) is 17.8. The maximum absolute atomic E-state index is 14.8. The molecule has 0 aromatic heterocycles. The molecule has 22 heteroatoms. The SMILES string of the molecule is CN[C@@H](C)C(=O)N[C@@H](CCCCNC(=O)c1cccc(C(=O)NCCCC[C@H](NC(=O)[C@H](C)NC)C(=O)N2C[C@@H](Oc3ccccc3)C[C@H]2C(=O)N[C@@H]2CCCc3ccccc32)c1)C(=O)N1C[C@@H](Oc2ccccc2)C[C@H]1C(=O)NC1CCCc2ccccc21.Cl.Cl. The summed E-state index contributed by atoms with van der Waals surface area (Å²) in [6, 6.07) is 35.9. The number of hydrogen-bond donors (Lipinski definition) is 8. The first-order valence-electron chi connectivity index (χ1n) is 32.1. The van der Waals surface area contributed by atoms with E-state index in [2.05, 4.69) is 54.7 Å². The maximum Gasteiger partial charge on any atom is 0.251 e. The summed E-state index contributed by atoms with van der Waals surface area (Å²) in [6.07, 6.45) is 7.09. The van der Waals surface area contributed by atoms with Crippen LogP contribution < -0.4 is 52.0 Å². The molecule has 0 radical (unpaired) electrons. The summed E-state index contributed by atoms with van der Waals surface area (Å²) in [7, 11) is 3.32. The Kier molecular flexibility index (Phi) is 27.3. The Hall–Kier alpha value is -8.04. The molecule has 2 heterocycles. The number of aryl methyl sites for hydroxylation is 2. The number of rotatable bonds is 28. The minimum Gasteiger partial charge on any atom is -0.488 e. The minimum absolute atomic E-state index is 0. The quantitative estimate of drug-likeness (QED) is 0.0236. The maximum atomic E-state index is 14.8. The van der Waals surface area contributed by atoms with Crippen molar-refractivity contribution in [1.29, 1.82) is 0 Å². The fourth-order valence-electron chi connectivity index (χ4n) is 12.6. The van der Waals surface area contributed by atoms with Gasteiger partial charge in [0.25, 0.3) is 11.8 Å². The van der Waals surface area contributed by atoms with Crippen LogP contribution in [0.15, 0.2) is 133 Å². The van der Waals surface area contributed by atoms with Gasteiger partial charge in [0.15, 0.2) is 0 Å². The summed E-state index contributed by atoms with van der Waals surface area (Å²) < 4.78 is 12.7. The van der Waals surface area contributed by atoms with E-state index in [1.807, 2.05) is 97.1 Å². The number of ether oxygens (including phenoxy) is 2. The van der Waals surface area contributed by atoms with Crippen LogP contribution in [0, 0.1) is 0 Å². The lowest BCUT2D eigenvalue weighted by molar-refractivity contribution is -0.142. The Balaban J connectivity index is 0.00000600. The molecule has 2 saturated heterocycles. The van der Waals surface area contributed by atoms with E-state index in [1.165, 1.54) is 17.2 Å². The highest BCUT2D eigenvalue weighted by molar-refractivity contribution is 6.00. The van der Waals surface area contributed by atoms with Gasteiger partial charge >= 0.3 is 0 Å². The van der Waals surface area contributed by atoms with Gasteiger partial charge in [0.2, 0.25) is 35.4 Å². The smallest absolute Gasteiger partial charge is 0.251 e. The van der Waals surface area contributed by atoms with E-state index in [4.69, 9.17) is 9.47 Å². The number of unbranched alkanes of at least 4 members (excludes halogenated alkanes) is 2. The molecule has 10 atom stereocenters. The fourth-order valence-corrected chi connectivity index (χ4v) is 12.6. The minimum atomic E-state index is -0.973. The predicted molar refractivity (Wildman–Crippen MR) is 357 cm³/mol. The number of likely N-dealkylation sites (tertiary alicyclic amines) is 2. The van der Waals surface area contributed by atoms with E-state index in [0.29, 0.717) is 37.2 Å². The summed E-state index contributed by atoms with van der Waals surface area (Å²) in [6.45, 7) is 4.16. The molecule has 5 aromatic rings. The van der Waals surface area contributed by atoms with Gasteiger partial charge in [0.1, 0.15) is 47.9 Å². The number of benzene rings is 5. The number of fused-ring (bicyclic) bond motifs is 2. The number of carbonyl (C=O) groups excluding carboxylic acids is 8.